The van der Waals surface area contributed by atoms with E-state index in [1.807, 2.05) is 12.1 Å². The molecule has 7 rings (SSSR count). The molecule has 6 N–H and O–H groups in total. The zero-order valence-corrected chi connectivity index (χ0v) is 32.2. The molecule has 3 aliphatic rings. The summed E-state index contributed by atoms with van der Waals surface area (Å²) in [7, 11) is 0. The fourth-order valence-electron chi connectivity index (χ4n) is 4.98. The third kappa shape index (κ3) is 9.15. The van der Waals surface area contributed by atoms with E-state index in [0.29, 0.717) is 48.9 Å². The SMILES string of the molecule is O=C1NCCc2ccc(c(Br)c2)Oc2cc(ccc2O)CCNC(=O)/C(=N/O)Cc2cc(Br)c(O)c(c2)Oc2c(Br)cc(cc2Br)C/C1=N/O. The van der Waals surface area contributed by atoms with Crippen molar-refractivity contribution < 1.29 is 39.7 Å². The summed E-state index contributed by atoms with van der Waals surface area (Å²) >= 11 is 13.8. The summed E-state index contributed by atoms with van der Waals surface area (Å²) in [5.74, 6) is -0.453. The van der Waals surface area contributed by atoms with Gasteiger partial charge >= 0.3 is 0 Å². The van der Waals surface area contributed by atoms with Crippen molar-refractivity contribution in [1.29, 1.82) is 0 Å². The van der Waals surface area contributed by atoms with Crippen LogP contribution in [0.3, 0.4) is 0 Å². The number of rotatable bonds is 0. The number of fused-ring (bicyclic) bond motifs is 2. The van der Waals surface area contributed by atoms with Crippen LogP contribution in [-0.2, 0) is 35.3 Å². The van der Waals surface area contributed by atoms with Crippen molar-refractivity contribution in [3.8, 4) is 34.5 Å². The van der Waals surface area contributed by atoms with E-state index in [4.69, 9.17) is 9.47 Å². The molecule has 0 aromatic heterocycles. The van der Waals surface area contributed by atoms with Crippen LogP contribution in [0.25, 0.3) is 0 Å². The van der Waals surface area contributed by atoms with Crippen molar-refractivity contribution >= 4 is 87.0 Å². The highest BCUT2D eigenvalue weighted by Crippen LogP contribution is 2.43. The Morgan fingerprint density at radius 3 is 1.66 bits per heavy atom. The maximum atomic E-state index is 13.0. The predicted molar refractivity (Wildman–Crippen MR) is 199 cm³/mol. The number of hydrogen-bond acceptors (Lipinski definition) is 10. The lowest BCUT2D eigenvalue weighted by Gasteiger charge is -2.15. The molecule has 0 atom stereocenters. The van der Waals surface area contributed by atoms with Gasteiger partial charge in [-0.25, -0.2) is 0 Å². The Kier molecular flexibility index (Phi) is 12.4. The molecule has 0 saturated carbocycles. The van der Waals surface area contributed by atoms with Crippen LogP contribution in [0.5, 0.6) is 34.5 Å². The molecule has 260 valence electrons. The fourth-order valence-corrected chi connectivity index (χ4v) is 7.42. The van der Waals surface area contributed by atoms with E-state index in [2.05, 4.69) is 84.7 Å². The van der Waals surface area contributed by atoms with Crippen molar-refractivity contribution in [3.05, 3.63) is 101 Å². The Bertz CT molecular complexity index is 2000. The lowest BCUT2D eigenvalue weighted by atomic mass is 10.1. The van der Waals surface area contributed by atoms with Gasteiger partial charge in [-0.3, -0.25) is 9.59 Å². The van der Waals surface area contributed by atoms with E-state index in [9.17, 15) is 30.2 Å². The minimum absolute atomic E-state index is 0.0109. The number of phenols is 2. The molecular formula is C34H28Br4N4O8. The second-order valence-corrected chi connectivity index (χ2v) is 14.5. The first-order valence-electron chi connectivity index (χ1n) is 14.9. The highest BCUT2D eigenvalue weighted by molar-refractivity contribution is 9.11. The number of carbonyl (C=O) groups is 2. The molecule has 0 saturated heterocycles. The minimum atomic E-state index is -0.604. The smallest absolute Gasteiger partial charge is 0.269 e. The number of oxime groups is 2. The van der Waals surface area contributed by atoms with Gasteiger partial charge in [0.25, 0.3) is 11.8 Å². The number of hydrogen-bond donors (Lipinski definition) is 6. The molecule has 4 aromatic rings. The summed E-state index contributed by atoms with van der Waals surface area (Å²) in [4.78, 5) is 25.9. The number of nitrogens with one attached hydrogen (secondary N) is 2. The number of halogens is 4. The molecule has 50 heavy (non-hydrogen) atoms. The Balaban J connectivity index is 1.46. The number of carbonyl (C=O) groups excluding carboxylic acids is 2. The first kappa shape index (κ1) is 37.1. The lowest BCUT2D eigenvalue weighted by molar-refractivity contribution is -0.115. The first-order chi connectivity index (χ1) is 23.9. The van der Waals surface area contributed by atoms with Crippen LogP contribution in [0, 0.1) is 0 Å². The molecular weight excluding hydrogens is 912 g/mol. The van der Waals surface area contributed by atoms with Crippen molar-refractivity contribution in [3.63, 3.8) is 0 Å². The van der Waals surface area contributed by atoms with Gasteiger partial charge in [-0.2, -0.15) is 0 Å². The van der Waals surface area contributed by atoms with Crippen LogP contribution in [-0.4, -0.2) is 57.0 Å². The topological polar surface area (TPSA) is 182 Å². The van der Waals surface area contributed by atoms with Gasteiger partial charge in [-0.05, 0) is 147 Å². The monoisotopic (exact) mass is 936 g/mol. The maximum absolute atomic E-state index is 13.0. The Labute approximate surface area is 319 Å². The normalized spacial score (nSPS) is 16.2. The molecule has 2 amide bonds. The number of aromatic hydroxyl groups is 2. The van der Waals surface area contributed by atoms with Crippen LogP contribution in [0.4, 0.5) is 0 Å². The number of amides is 2. The van der Waals surface area contributed by atoms with E-state index >= 15 is 0 Å². The lowest BCUT2D eigenvalue weighted by Crippen LogP contribution is -2.33. The summed E-state index contributed by atoms with van der Waals surface area (Å²) < 4.78 is 13.9. The first-order valence-corrected chi connectivity index (χ1v) is 18.1. The number of phenolic OH excluding ortho intramolecular Hbond substituents is 2. The van der Waals surface area contributed by atoms with Crippen molar-refractivity contribution in [2.45, 2.75) is 25.7 Å². The van der Waals surface area contributed by atoms with Gasteiger partial charge in [0.1, 0.15) is 17.2 Å². The van der Waals surface area contributed by atoms with Crippen LogP contribution in [0.1, 0.15) is 22.3 Å². The van der Waals surface area contributed by atoms with E-state index < -0.39 is 11.8 Å². The van der Waals surface area contributed by atoms with Crippen LogP contribution < -0.4 is 20.1 Å². The average molecular weight is 940 g/mol. The third-order valence-corrected chi connectivity index (χ3v) is 9.91. The summed E-state index contributed by atoms with van der Waals surface area (Å²) in [6, 6.07) is 16.7. The zero-order chi connectivity index (χ0) is 35.9. The standard InChI is InChI=1S/C34H28Br4N4O8/c35-21-9-17-2-4-28(21)49-29-15-18(1-3-27(29)43)6-8-40-34(46)26(42-48)14-20-10-22(36)31(44)30(16-20)50-32-23(37)11-19(12-24(32)38)13-25(41-47)33(45)39-7-5-17/h1-4,9-12,15-16,43-44,47-48H,5-8,13-14H2,(H,39,45)(H,40,46)/b41-25-,42-26+. The van der Waals surface area contributed by atoms with Crippen molar-refractivity contribution in [2.24, 2.45) is 10.3 Å². The quantitative estimate of drug-likeness (QED) is 0.0774. The number of benzene rings is 4. The van der Waals surface area contributed by atoms with Gasteiger partial charge in [0.05, 0.1) is 17.9 Å². The molecule has 3 heterocycles. The Morgan fingerprint density at radius 2 is 1.08 bits per heavy atom. The predicted octanol–water partition coefficient (Wildman–Crippen LogP) is 7.51. The summed E-state index contributed by atoms with van der Waals surface area (Å²) in [6.07, 6.45) is 0.727. The van der Waals surface area contributed by atoms with E-state index in [1.165, 1.54) is 12.1 Å². The van der Waals surface area contributed by atoms with Gasteiger partial charge in [0.2, 0.25) is 0 Å². The van der Waals surface area contributed by atoms with Crippen molar-refractivity contribution in [1.82, 2.24) is 10.6 Å². The largest absolute Gasteiger partial charge is 0.504 e. The summed E-state index contributed by atoms with van der Waals surface area (Å²) in [5, 5.41) is 52.6. The second kappa shape index (κ2) is 16.7. The summed E-state index contributed by atoms with van der Waals surface area (Å²) in [5.41, 5.74) is 2.44. The number of nitrogens with zero attached hydrogens (tertiary/aromatic N) is 2. The number of ether oxygens (including phenoxy) is 2. The third-order valence-electron chi connectivity index (χ3n) is 7.51. The average Bonchev–Trinajstić information content (AvgIpc) is 3.08. The molecule has 16 heteroatoms. The Hall–Kier alpha value is -4.12. The summed E-state index contributed by atoms with van der Waals surface area (Å²) in [6.45, 7) is 0.447. The second-order valence-electron chi connectivity index (χ2n) is 11.0. The van der Waals surface area contributed by atoms with Gasteiger partial charge < -0.3 is 40.7 Å². The molecule has 0 spiro atoms. The van der Waals surface area contributed by atoms with Gasteiger partial charge in [0, 0.05) is 25.9 Å². The van der Waals surface area contributed by atoms with Crippen LogP contribution >= 0.6 is 63.7 Å². The highest BCUT2D eigenvalue weighted by Gasteiger charge is 2.21. The Morgan fingerprint density at radius 1 is 0.580 bits per heavy atom. The molecule has 12 nitrogen and oxygen atoms in total. The van der Waals surface area contributed by atoms with Gasteiger partial charge in [-0.1, -0.05) is 22.4 Å². The van der Waals surface area contributed by atoms with Crippen molar-refractivity contribution in [2.75, 3.05) is 13.1 Å². The maximum Gasteiger partial charge on any atom is 0.269 e. The molecule has 0 radical (unpaired) electrons. The molecule has 8 bridgehead atoms. The van der Waals surface area contributed by atoms with Gasteiger partial charge in [-0.15, -0.1) is 0 Å². The van der Waals surface area contributed by atoms with E-state index in [-0.39, 0.29) is 64.8 Å². The van der Waals surface area contributed by atoms with Gasteiger partial charge in [0.15, 0.2) is 28.7 Å². The fraction of sp³-hybridized carbons (Fsp3) is 0.176. The molecule has 4 aromatic carbocycles. The zero-order valence-electron chi connectivity index (χ0n) is 25.8. The molecule has 0 fully saturated rings. The van der Waals surface area contributed by atoms with E-state index in [0.717, 1.165) is 11.1 Å². The minimum Gasteiger partial charge on any atom is -0.504 e. The molecule has 0 aliphatic carbocycles. The highest BCUT2D eigenvalue weighted by atomic mass is 79.9. The van der Waals surface area contributed by atoms with Crippen LogP contribution in [0.2, 0.25) is 0 Å². The molecule has 3 aliphatic heterocycles. The van der Waals surface area contributed by atoms with E-state index in [1.54, 1.807) is 36.4 Å². The molecule has 0 unspecified atom stereocenters. The van der Waals surface area contributed by atoms with Crippen LogP contribution in [0.15, 0.2) is 88.9 Å².